The summed E-state index contributed by atoms with van der Waals surface area (Å²) in [5.41, 5.74) is 3.96. The van der Waals surface area contributed by atoms with Crippen LogP contribution in [0.1, 0.15) is 29.5 Å². The van der Waals surface area contributed by atoms with Crippen LogP contribution in [0, 0.1) is 25.6 Å². The maximum atomic E-state index is 12.9. The van der Waals surface area contributed by atoms with Gasteiger partial charge in [-0.25, -0.2) is 9.18 Å². The smallest absolute Gasteiger partial charge is 0.321 e. The lowest BCUT2D eigenvalue weighted by molar-refractivity contribution is -0.126. The van der Waals surface area contributed by atoms with Crippen molar-refractivity contribution in [1.29, 1.82) is 0 Å². The number of rotatable bonds is 4. The van der Waals surface area contributed by atoms with Gasteiger partial charge in [-0.05, 0) is 67.6 Å². The Morgan fingerprint density at radius 3 is 2.36 bits per heavy atom. The first-order valence-corrected chi connectivity index (χ1v) is 9.57. The number of likely N-dealkylation sites (tertiary alicyclic amines) is 1. The summed E-state index contributed by atoms with van der Waals surface area (Å²) in [6, 6.07) is 11.8. The van der Waals surface area contributed by atoms with Crippen molar-refractivity contribution in [2.24, 2.45) is 5.92 Å². The van der Waals surface area contributed by atoms with Crippen LogP contribution in [-0.4, -0.2) is 29.9 Å². The van der Waals surface area contributed by atoms with Crippen LogP contribution in [0.5, 0.6) is 0 Å². The van der Waals surface area contributed by atoms with Gasteiger partial charge in [0.05, 0.1) is 0 Å². The van der Waals surface area contributed by atoms with Crippen LogP contribution in [0.2, 0.25) is 0 Å². The fourth-order valence-corrected chi connectivity index (χ4v) is 3.30. The number of aryl methyl sites for hydroxylation is 2. The van der Waals surface area contributed by atoms with Gasteiger partial charge in [0, 0.05) is 31.2 Å². The number of nitrogens with zero attached hydrogens (tertiary/aromatic N) is 1. The van der Waals surface area contributed by atoms with E-state index in [-0.39, 0.29) is 23.7 Å². The second kappa shape index (κ2) is 8.87. The Morgan fingerprint density at radius 1 is 1.04 bits per heavy atom. The molecule has 2 aromatic carbocycles. The summed E-state index contributed by atoms with van der Waals surface area (Å²) in [5, 5.41) is 5.83. The number of urea groups is 1. The SMILES string of the molecule is Cc1ccc(NC(=O)N2CCC(C(=O)NCc3ccc(F)cc3)CC2)cc1C. The molecule has 2 aromatic rings. The summed E-state index contributed by atoms with van der Waals surface area (Å²) < 4.78 is 12.9. The number of halogens is 1. The molecule has 0 atom stereocenters. The van der Waals surface area contributed by atoms with Gasteiger partial charge >= 0.3 is 6.03 Å². The minimum Gasteiger partial charge on any atom is -0.352 e. The maximum Gasteiger partial charge on any atom is 0.321 e. The van der Waals surface area contributed by atoms with Crippen molar-refractivity contribution in [3.05, 3.63) is 65.0 Å². The minimum atomic E-state index is -0.290. The third kappa shape index (κ3) is 5.09. The maximum absolute atomic E-state index is 12.9. The zero-order chi connectivity index (χ0) is 20.1. The molecule has 1 heterocycles. The molecule has 1 aliphatic rings. The molecule has 0 saturated carbocycles. The Hall–Kier alpha value is -2.89. The van der Waals surface area contributed by atoms with E-state index in [1.807, 2.05) is 32.0 Å². The quantitative estimate of drug-likeness (QED) is 0.838. The highest BCUT2D eigenvalue weighted by molar-refractivity contribution is 5.89. The number of carbonyl (C=O) groups is 2. The van der Waals surface area contributed by atoms with Crippen molar-refractivity contribution >= 4 is 17.6 Å². The van der Waals surface area contributed by atoms with Crippen LogP contribution in [0.3, 0.4) is 0 Å². The van der Waals surface area contributed by atoms with Gasteiger partial charge in [0.2, 0.25) is 5.91 Å². The molecule has 0 spiro atoms. The number of anilines is 1. The Bertz CT molecular complexity index is 843. The van der Waals surface area contributed by atoms with Gasteiger partial charge < -0.3 is 15.5 Å². The predicted octanol–water partition coefficient (Wildman–Crippen LogP) is 4.00. The molecule has 28 heavy (non-hydrogen) atoms. The lowest BCUT2D eigenvalue weighted by Gasteiger charge is -2.31. The zero-order valence-electron chi connectivity index (χ0n) is 16.3. The first-order chi connectivity index (χ1) is 13.4. The summed E-state index contributed by atoms with van der Waals surface area (Å²) in [6.45, 7) is 5.52. The second-order valence-corrected chi connectivity index (χ2v) is 7.33. The Balaban J connectivity index is 1.45. The van der Waals surface area contributed by atoms with Crippen molar-refractivity contribution in [3.8, 4) is 0 Å². The van der Waals surface area contributed by atoms with Crippen LogP contribution in [0.25, 0.3) is 0 Å². The molecule has 1 saturated heterocycles. The molecule has 1 aliphatic heterocycles. The lowest BCUT2D eigenvalue weighted by atomic mass is 9.96. The summed E-state index contributed by atoms with van der Waals surface area (Å²) in [6.07, 6.45) is 1.27. The predicted molar refractivity (Wildman–Crippen MR) is 107 cm³/mol. The average Bonchev–Trinajstić information content (AvgIpc) is 2.70. The average molecular weight is 383 g/mol. The number of benzene rings is 2. The number of hydrogen-bond donors (Lipinski definition) is 2. The van der Waals surface area contributed by atoms with Gasteiger partial charge in [0.25, 0.3) is 0 Å². The third-order valence-corrected chi connectivity index (χ3v) is 5.29. The van der Waals surface area contributed by atoms with E-state index < -0.39 is 0 Å². The van der Waals surface area contributed by atoms with Crippen molar-refractivity contribution in [2.75, 3.05) is 18.4 Å². The minimum absolute atomic E-state index is 0.0152. The fourth-order valence-electron chi connectivity index (χ4n) is 3.30. The summed E-state index contributed by atoms with van der Waals surface area (Å²) >= 11 is 0. The van der Waals surface area contributed by atoms with E-state index in [0.29, 0.717) is 32.5 Å². The van der Waals surface area contributed by atoms with E-state index in [1.54, 1.807) is 17.0 Å². The van der Waals surface area contributed by atoms with Crippen LogP contribution >= 0.6 is 0 Å². The first kappa shape index (κ1) is 19.9. The Kier molecular flexibility index (Phi) is 6.29. The van der Waals surface area contributed by atoms with Crippen LogP contribution in [0.15, 0.2) is 42.5 Å². The van der Waals surface area contributed by atoms with E-state index >= 15 is 0 Å². The van der Waals surface area contributed by atoms with Gasteiger partial charge in [0.15, 0.2) is 0 Å². The summed E-state index contributed by atoms with van der Waals surface area (Å²) in [5.74, 6) is -0.411. The third-order valence-electron chi connectivity index (χ3n) is 5.29. The van der Waals surface area contributed by atoms with Gasteiger partial charge in [-0.3, -0.25) is 4.79 Å². The molecule has 0 radical (unpaired) electrons. The van der Waals surface area contributed by atoms with Crippen LogP contribution in [-0.2, 0) is 11.3 Å². The van der Waals surface area contributed by atoms with Crippen molar-refractivity contribution < 1.29 is 14.0 Å². The van der Waals surface area contributed by atoms with E-state index in [9.17, 15) is 14.0 Å². The highest BCUT2D eigenvalue weighted by atomic mass is 19.1. The van der Waals surface area contributed by atoms with Gasteiger partial charge in [-0.2, -0.15) is 0 Å². The molecule has 0 unspecified atom stereocenters. The molecule has 148 valence electrons. The zero-order valence-corrected chi connectivity index (χ0v) is 16.3. The van der Waals surface area contributed by atoms with E-state index in [0.717, 1.165) is 16.8 Å². The molecular formula is C22H26FN3O2. The molecule has 0 bridgehead atoms. The van der Waals surface area contributed by atoms with Crippen molar-refractivity contribution in [3.63, 3.8) is 0 Å². The standard InChI is InChI=1S/C22H26FN3O2/c1-15-3-8-20(13-16(15)2)25-22(28)26-11-9-18(10-12-26)21(27)24-14-17-4-6-19(23)7-5-17/h3-8,13,18H,9-12,14H2,1-2H3,(H,24,27)(H,25,28). The molecule has 6 heteroatoms. The van der Waals surface area contributed by atoms with Crippen molar-refractivity contribution in [2.45, 2.75) is 33.2 Å². The fraction of sp³-hybridized carbons (Fsp3) is 0.364. The molecule has 1 fully saturated rings. The Morgan fingerprint density at radius 2 is 1.71 bits per heavy atom. The van der Waals surface area contributed by atoms with Crippen LogP contribution in [0.4, 0.5) is 14.9 Å². The van der Waals surface area contributed by atoms with Crippen LogP contribution < -0.4 is 10.6 Å². The number of amides is 3. The summed E-state index contributed by atoms with van der Waals surface area (Å²) in [7, 11) is 0. The van der Waals surface area contributed by atoms with Gasteiger partial charge in [-0.1, -0.05) is 18.2 Å². The highest BCUT2D eigenvalue weighted by Crippen LogP contribution is 2.20. The van der Waals surface area contributed by atoms with Gasteiger partial charge in [-0.15, -0.1) is 0 Å². The molecule has 3 rings (SSSR count). The number of hydrogen-bond acceptors (Lipinski definition) is 2. The largest absolute Gasteiger partial charge is 0.352 e. The van der Waals surface area contributed by atoms with E-state index in [2.05, 4.69) is 10.6 Å². The topological polar surface area (TPSA) is 61.4 Å². The monoisotopic (exact) mass is 383 g/mol. The Labute approximate surface area is 164 Å². The summed E-state index contributed by atoms with van der Waals surface area (Å²) in [4.78, 5) is 26.6. The second-order valence-electron chi connectivity index (χ2n) is 7.33. The number of carbonyl (C=O) groups excluding carboxylic acids is 2. The molecular weight excluding hydrogens is 357 g/mol. The highest BCUT2D eigenvalue weighted by Gasteiger charge is 2.27. The van der Waals surface area contributed by atoms with Crippen molar-refractivity contribution in [1.82, 2.24) is 10.2 Å². The van der Waals surface area contributed by atoms with E-state index in [4.69, 9.17) is 0 Å². The molecule has 0 aromatic heterocycles. The lowest BCUT2D eigenvalue weighted by Crippen LogP contribution is -2.44. The molecule has 3 amide bonds. The molecule has 0 aliphatic carbocycles. The molecule has 2 N–H and O–H groups in total. The van der Waals surface area contributed by atoms with E-state index in [1.165, 1.54) is 17.7 Å². The normalized spacial score (nSPS) is 14.6. The molecule has 5 nitrogen and oxygen atoms in total. The number of nitrogens with one attached hydrogen (secondary N) is 2. The number of piperidine rings is 1. The first-order valence-electron chi connectivity index (χ1n) is 9.57. The van der Waals surface area contributed by atoms with Gasteiger partial charge in [0.1, 0.15) is 5.82 Å².